The van der Waals surface area contributed by atoms with Gasteiger partial charge in [-0.25, -0.2) is 0 Å². The molecule has 0 N–H and O–H groups in total. The van der Waals surface area contributed by atoms with Crippen molar-refractivity contribution < 1.29 is 0 Å². The molecule has 0 saturated heterocycles. The first-order chi connectivity index (χ1) is 11.8. The van der Waals surface area contributed by atoms with E-state index in [1.165, 1.54) is 10.5 Å². The summed E-state index contributed by atoms with van der Waals surface area (Å²) >= 11 is 8.05. The van der Waals surface area contributed by atoms with Crippen molar-refractivity contribution in [2.45, 2.75) is 10.9 Å². The highest BCUT2D eigenvalue weighted by atomic mass is 35.5. The van der Waals surface area contributed by atoms with Crippen molar-refractivity contribution in [1.29, 1.82) is 0 Å². The summed E-state index contributed by atoms with van der Waals surface area (Å²) < 4.78 is 0. The lowest BCUT2D eigenvalue weighted by molar-refractivity contribution is 0.838. The quantitative estimate of drug-likeness (QED) is 0.375. The zero-order chi connectivity index (χ0) is 16.6. The topological polar surface area (TPSA) is 12.4 Å². The molecule has 0 fully saturated rings. The average Bonchev–Trinajstić information content (AvgIpc) is 2.65. The fraction of sp³-hybridized carbons (Fsp3) is 0.0952. The van der Waals surface area contributed by atoms with Crippen LogP contribution in [0.15, 0.2) is 94.8 Å². The summed E-state index contributed by atoms with van der Waals surface area (Å²) in [4.78, 5) is 6.07. The minimum atomic E-state index is 0.0904. The molecule has 0 aliphatic carbocycles. The van der Waals surface area contributed by atoms with Gasteiger partial charge in [0, 0.05) is 27.4 Å². The third kappa shape index (κ3) is 4.73. The molecule has 1 atom stereocenters. The molecule has 120 valence electrons. The van der Waals surface area contributed by atoms with Crippen molar-refractivity contribution >= 4 is 29.6 Å². The lowest BCUT2D eigenvalue weighted by Gasteiger charge is -2.13. The molecule has 0 unspecified atom stereocenters. The maximum atomic E-state index is 6.23. The van der Waals surface area contributed by atoms with Gasteiger partial charge in [0.25, 0.3) is 0 Å². The minimum Gasteiger partial charge on any atom is -0.284 e. The number of halogens is 1. The van der Waals surface area contributed by atoms with Gasteiger partial charge in [-0.05, 0) is 23.8 Å². The zero-order valence-electron chi connectivity index (χ0n) is 13.2. The third-order valence-electron chi connectivity index (χ3n) is 3.63. The van der Waals surface area contributed by atoms with E-state index in [1.54, 1.807) is 0 Å². The van der Waals surface area contributed by atoms with Crippen LogP contribution >= 0.6 is 23.4 Å². The normalized spacial score (nSPS) is 12.4. The highest BCUT2D eigenvalue weighted by Crippen LogP contribution is 2.27. The Hall–Kier alpha value is -2.03. The van der Waals surface area contributed by atoms with Crippen LogP contribution in [0, 0.1) is 0 Å². The van der Waals surface area contributed by atoms with Crippen LogP contribution in [0.4, 0.5) is 0 Å². The molecule has 3 aromatic carbocycles. The van der Waals surface area contributed by atoms with Gasteiger partial charge in [0.05, 0.1) is 6.04 Å². The Balaban J connectivity index is 1.79. The number of nitrogens with zero attached hydrogens (tertiary/aromatic N) is 1. The molecule has 3 rings (SSSR count). The van der Waals surface area contributed by atoms with E-state index in [0.717, 1.165) is 16.3 Å². The number of hydrogen-bond acceptors (Lipinski definition) is 2. The fourth-order valence-electron chi connectivity index (χ4n) is 2.34. The summed E-state index contributed by atoms with van der Waals surface area (Å²) in [5.74, 6) is 0.884. The Kier molecular flexibility index (Phi) is 6.11. The standard InChI is InChI=1S/C21H18ClNS/c22-20-14-8-7-11-18(20)15-23-21(17-9-3-1-4-10-17)16-24-19-12-5-2-6-13-19/h1-15,21H,16H2/t21-/m0/s1. The Labute approximate surface area is 152 Å². The van der Waals surface area contributed by atoms with E-state index in [9.17, 15) is 0 Å². The van der Waals surface area contributed by atoms with E-state index in [0.29, 0.717) is 0 Å². The van der Waals surface area contributed by atoms with Gasteiger partial charge in [-0.3, -0.25) is 4.99 Å². The van der Waals surface area contributed by atoms with Gasteiger partial charge in [-0.2, -0.15) is 0 Å². The zero-order valence-corrected chi connectivity index (χ0v) is 14.8. The number of thioether (sulfide) groups is 1. The summed E-state index contributed by atoms with van der Waals surface area (Å²) in [6.07, 6.45) is 1.88. The molecule has 0 aliphatic rings. The Morgan fingerprint density at radius 3 is 2.17 bits per heavy atom. The second-order valence-electron chi connectivity index (χ2n) is 5.35. The summed E-state index contributed by atoms with van der Waals surface area (Å²) in [5, 5.41) is 0.726. The van der Waals surface area contributed by atoms with Crippen LogP contribution in [-0.2, 0) is 0 Å². The SMILES string of the molecule is Clc1ccccc1C=N[C@@H](CSc1ccccc1)c1ccccc1. The highest BCUT2D eigenvalue weighted by molar-refractivity contribution is 7.99. The Morgan fingerprint density at radius 2 is 1.46 bits per heavy atom. The van der Waals surface area contributed by atoms with Gasteiger partial charge in [-0.1, -0.05) is 78.3 Å². The second kappa shape index (κ2) is 8.72. The van der Waals surface area contributed by atoms with Crippen LogP contribution in [0.1, 0.15) is 17.2 Å². The van der Waals surface area contributed by atoms with Crippen molar-refractivity contribution in [3.8, 4) is 0 Å². The van der Waals surface area contributed by atoms with Crippen molar-refractivity contribution in [2.24, 2.45) is 4.99 Å². The molecule has 0 aliphatic heterocycles. The fourth-order valence-corrected chi connectivity index (χ4v) is 3.51. The maximum absolute atomic E-state index is 6.23. The molecule has 0 saturated carbocycles. The highest BCUT2D eigenvalue weighted by Gasteiger charge is 2.10. The first-order valence-electron chi connectivity index (χ1n) is 7.83. The average molecular weight is 352 g/mol. The number of hydrogen-bond donors (Lipinski definition) is 0. The van der Waals surface area contributed by atoms with E-state index in [1.807, 2.05) is 54.4 Å². The van der Waals surface area contributed by atoms with E-state index < -0.39 is 0 Å². The maximum Gasteiger partial charge on any atom is 0.0843 e. The molecule has 0 spiro atoms. The number of benzene rings is 3. The van der Waals surface area contributed by atoms with Crippen LogP contribution < -0.4 is 0 Å². The van der Waals surface area contributed by atoms with Crippen LogP contribution in [-0.4, -0.2) is 12.0 Å². The van der Waals surface area contributed by atoms with Gasteiger partial charge >= 0.3 is 0 Å². The van der Waals surface area contributed by atoms with Gasteiger partial charge in [-0.15, -0.1) is 11.8 Å². The second-order valence-corrected chi connectivity index (χ2v) is 6.85. The first kappa shape index (κ1) is 16.8. The number of rotatable bonds is 6. The van der Waals surface area contributed by atoms with Crippen molar-refractivity contribution in [3.63, 3.8) is 0 Å². The van der Waals surface area contributed by atoms with E-state index in [4.69, 9.17) is 16.6 Å². The Morgan fingerprint density at radius 1 is 0.833 bits per heavy atom. The molecule has 24 heavy (non-hydrogen) atoms. The monoisotopic (exact) mass is 351 g/mol. The van der Waals surface area contributed by atoms with Gasteiger partial charge < -0.3 is 0 Å². The minimum absolute atomic E-state index is 0.0904. The molecule has 3 heteroatoms. The summed E-state index contributed by atoms with van der Waals surface area (Å²) in [6, 6.07) is 28.7. The molecule has 0 radical (unpaired) electrons. The number of aliphatic imine (C=N–C) groups is 1. The Bertz CT molecular complexity index is 787. The lowest BCUT2D eigenvalue weighted by atomic mass is 10.1. The van der Waals surface area contributed by atoms with E-state index in [2.05, 4.69) is 48.5 Å². The summed E-state index contributed by atoms with van der Waals surface area (Å²) in [7, 11) is 0. The van der Waals surface area contributed by atoms with Crippen LogP contribution in [0.5, 0.6) is 0 Å². The van der Waals surface area contributed by atoms with Gasteiger partial charge in [0.15, 0.2) is 0 Å². The van der Waals surface area contributed by atoms with E-state index >= 15 is 0 Å². The molecule has 0 aromatic heterocycles. The molecule has 0 heterocycles. The summed E-state index contributed by atoms with van der Waals surface area (Å²) in [6.45, 7) is 0. The molecule has 3 aromatic rings. The molecular weight excluding hydrogens is 334 g/mol. The summed E-state index contributed by atoms with van der Waals surface area (Å²) in [5.41, 5.74) is 2.16. The van der Waals surface area contributed by atoms with Gasteiger partial charge in [0.1, 0.15) is 0 Å². The third-order valence-corrected chi connectivity index (χ3v) is 5.07. The molecule has 0 bridgehead atoms. The molecule has 0 amide bonds. The predicted molar refractivity (Wildman–Crippen MR) is 105 cm³/mol. The van der Waals surface area contributed by atoms with Gasteiger partial charge in [0.2, 0.25) is 0 Å². The van der Waals surface area contributed by atoms with Crippen molar-refractivity contribution in [3.05, 3.63) is 101 Å². The lowest BCUT2D eigenvalue weighted by Crippen LogP contribution is -2.00. The van der Waals surface area contributed by atoms with Crippen molar-refractivity contribution in [1.82, 2.24) is 0 Å². The van der Waals surface area contributed by atoms with E-state index in [-0.39, 0.29) is 6.04 Å². The largest absolute Gasteiger partial charge is 0.284 e. The predicted octanol–water partition coefficient (Wildman–Crippen LogP) is 6.29. The molecular formula is C21H18ClNS. The smallest absolute Gasteiger partial charge is 0.0843 e. The van der Waals surface area contributed by atoms with Crippen LogP contribution in [0.3, 0.4) is 0 Å². The first-order valence-corrected chi connectivity index (χ1v) is 9.20. The van der Waals surface area contributed by atoms with Crippen molar-refractivity contribution in [2.75, 3.05) is 5.75 Å². The molecule has 1 nitrogen and oxygen atoms in total. The van der Waals surface area contributed by atoms with Crippen LogP contribution in [0.25, 0.3) is 0 Å². The van der Waals surface area contributed by atoms with Crippen LogP contribution in [0.2, 0.25) is 5.02 Å².